The molecule has 0 radical (unpaired) electrons. The number of benzene rings is 2. The van der Waals surface area contributed by atoms with Crippen LogP contribution in [0.5, 0.6) is 5.75 Å². The summed E-state index contributed by atoms with van der Waals surface area (Å²) in [6, 6.07) is 16.7. The average Bonchev–Trinajstić information content (AvgIpc) is 2.96. The lowest BCUT2D eigenvalue weighted by Gasteiger charge is -2.04. The fourth-order valence-corrected chi connectivity index (χ4v) is 2.51. The number of carbonyl (C=O) groups is 1. The molecule has 0 aliphatic heterocycles. The van der Waals surface area contributed by atoms with Gasteiger partial charge in [-0.3, -0.25) is 0 Å². The SMILES string of the molecule is Cn1c(C(C#N)=Cc2ccc(OCC(=O)O)cc2)nc2ccccc21. The number of carboxylic acid groups (broad SMARTS) is 1. The predicted molar refractivity (Wildman–Crippen MR) is 93.8 cm³/mol. The number of hydrogen-bond donors (Lipinski definition) is 1. The third kappa shape index (κ3) is 3.51. The fraction of sp³-hybridized carbons (Fsp3) is 0.105. The summed E-state index contributed by atoms with van der Waals surface area (Å²) in [5, 5.41) is 18.1. The summed E-state index contributed by atoms with van der Waals surface area (Å²) in [4.78, 5) is 15.0. The van der Waals surface area contributed by atoms with Gasteiger partial charge in [-0.2, -0.15) is 5.26 Å². The van der Waals surface area contributed by atoms with Crippen LogP contribution >= 0.6 is 0 Å². The first-order valence-corrected chi connectivity index (χ1v) is 7.57. The van der Waals surface area contributed by atoms with Gasteiger partial charge in [-0.05, 0) is 35.9 Å². The zero-order valence-electron chi connectivity index (χ0n) is 13.5. The van der Waals surface area contributed by atoms with E-state index in [-0.39, 0.29) is 0 Å². The summed E-state index contributed by atoms with van der Waals surface area (Å²) in [7, 11) is 1.87. The van der Waals surface area contributed by atoms with Crippen molar-refractivity contribution in [2.75, 3.05) is 6.61 Å². The maximum Gasteiger partial charge on any atom is 0.341 e. The molecule has 3 rings (SSSR count). The van der Waals surface area contributed by atoms with Crippen molar-refractivity contribution in [2.45, 2.75) is 0 Å². The summed E-state index contributed by atoms with van der Waals surface area (Å²) >= 11 is 0. The van der Waals surface area contributed by atoms with Crippen LogP contribution in [0.2, 0.25) is 0 Å². The molecule has 25 heavy (non-hydrogen) atoms. The highest BCUT2D eigenvalue weighted by Crippen LogP contribution is 2.22. The summed E-state index contributed by atoms with van der Waals surface area (Å²) in [6.07, 6.45) is 1.74. The second-order valence-electron chi connectivity index (χ2n) is 5.40. The Labute approximate surface area is 144 Å². The third-order valence-corrected chi connectivity index (χ3v) is 3.70. The molecule has 2 aromatic carbocycles. The molecule has 0 saturated heterocycles. The monoisotopic (exact) mass is 333 g/mol. The number of rotatable bonds is 5. The summed E-state index contributed by atoms with van der Waals surface area (Å²) in [6.45, 7) is -0.390. The van der Waals surface area contributed by atoms with Crippen LogP contribution in [0.15, 0.2) is 48.5 Å². The Morgan fingerprint density at radius 2 is 2.00 bits per heavy atom. The van der Waals surface area contributed by atoms with Crippen molar-refractivity contribution in [3.63, 3.8) is 0 Å². The highest BCUT2D eigenvalue weighted by molar-refractivity contribution is 5.90. The van der Waals surface area contributed by atoms with Gasteiger partial charge >= 0.3 is 5.97 Å². The molecule has 3 aromatic rings. The first kappa shape index (κ1) is 16.3. The number of para-hydroxylation sites is 2. The van der Waals surface area contributed by atoms with Crippen molar-refractivity contribution in [3.8, 4) is 11.8 Å². The van der Waals surface area contributed by atoms with E-state index in [1.807, 2.05) is 35.9 Å². The molecule has 0 amide bonds. The highest BCUT2D eigenvalue weighted by Gasteiger charge is 2.11. The molecule has 6 nitrogen and oxygen atoms in total. The third-order valence-electron chi connectivity index (χ3n) is 3.70. The number of hydrogen-bond acceptors (Lipinski definition) is 4. The van der Waals surface area contributed by atoms with Gasteiger partial charge in [0.15, 0.2) is 12.4 Å². The van der Waals surface area contributed by atoms with Gasteiger partial charge in [0, 0.05) is 7.05 Å². The van der Waals surface area contributed by atoms with E-state index in [1.54, 1.807) is 30.3 Å². The Morgan fingerprint density at radius 1 is 1.28 bits per heavy atom. The molecular formula is C19H15N3O3. The van der Waals surface area contributed by atoms with Crippen LogP contribution in [-0.4, -0.2) is 27.2 Å². The highest BCUT2D eigenvalue weighted by atomic mass is 16.5. The molecule has 0 saturated carbocycles. The Bertz CT molecular complexity index is 995. The number of carboxylic acids is 1. The largest absolute Gasteiger partial charge is 0.482 e. The predicted octanol–water partition coefficient (Wildman–Crippen LogP) is 3.10. The molecule has 1 heterocycles. The smallest absolute Gasteiger partial charge is 0.341 e. The average molecular weight is 333 g/mol. The number of aryl methyl sites for hydroxylation is 1. The zero-order valence-corrected chi connectivity index (χ0v) is 13.5. The van der Waals surface area contributed by atoms with E-state index >= 15 is 0 Å². The van der Waals surface area contributed by atoms with E-state index in [1.165, 1.54) is 0 Å². The van der Waals surface area contributed by atoms with Crippen LogP contribution in [0.4, 0.5) is 0 Å². The Balaban J connectivity index is 1.91. The lowest BCUT2D eigenvalue weighted by Crippen LogP contribution is -2.09. The molecule has 1 N–H and O–H groups in total. The number of aromatic nitrogens is 2. The Hall–Kier alpha value is -3.59. The molecule has 0 aliphatic carbocycles. The number of allylic oxidation sites excluding steroid dienone is 1. The van der Waals surface area contributed by atoms with Crippen molar-refractivity contribution in [2.24, 2.45) is 7.05 Å². The van der Waals surface area contributed by atoms with Gasteiger partial charge in [0.05, 0.1) is 16.6 Å². The zero-order chi connectivity index (χ0) is 17.8. The molecule has 1 aromatic heterocycles. The van der Waals surface area contributed by atoms with E-state index in [9.17, 15) is 10.1 Å². The minimum Gasteiger partial charge on any atom is -0.482 e. The minimum atomic E-state index is -1.03. The van der Waals surface area contributed by atoms with Gasteiger partial charge in [-0.1, -0.05) is 24.3 Å². The van der Waals surface area contributed by atoms with Gasteiger partial charge in [0.2, 0.25) is 0 Å². The van der Waals surface area contributed by atoms with Crippen LogP contribution in [0.25, 0.3) is 22.7 Å². The molecular weight excluding hydrogens is 318 g/mol. The van der Waals surface area contributed by atoms with Crippen molar-refractivity contribution in [1.29, 1.82) is 5.26 Å². The second kappa shape index (κ2) is 6.89. The molecule has 0 bridgehead atoms. The second-order valence-corrected chi connectivity index (χ2v) is 5.40. The number of nitriles is 1. The van der Waals surface area contributed by atoms with E-state index in [0.29, 0.717) is 17.1 Å². The molecule has 0 spiro atoms. The molecule has 0 unspecified atom stereocenters. The van der Waals surface area contributed by atoms with Crippen molar-refractivity contribution >= 4 is 28.7 Å². The topological polar surface area (TPSA) is 88.1 Å². The number of ether oxygens (including phenoxy) is 1. The maximum absolute atomic E-state index is 10.5. The Kier molecular flexibility index (Phi) is 4.48. The number of aliphatic carboxylic acids is 1. The van der Waals surface area contributed by atoms with Gasteiger partial charge in [-0.25, -0.2) is 9.78 Å². The first-order valence-electron chi connectivity index (χ1n) is 7.57. The van der Waals surface area contributed by atoms with Crippen molar-refractivity contribution in [1.82, 2.24) is 9.55 Å². The van der Waals surface area contributed by atoms with E-state index in [4.69, 9.17) is 9.84 Å². The lowest BCUT2D eigenvalue weighted by molar-refractivity contribution is -0.139. The number of imidazole rings is 1. The molecule has 0 atom stereocenters. The van der Waals surface area contributed by atoms with Crippen molar-refractivity contribution in [3.05, 3.63) is 59.9 Å². The van der Waals surface area contributed by atoms with Gasteiger partial charge in [0.25, 0.3) is 0 Å². The lowest BCUT2D eigenvalue weighted by atomic mass is 10.1. The normalized spacial score (nSPS) is 11.3. The van der Waals surface area contributed by atoms with Gasteiger partial charge < -0.3 is 14.4 Å². The number of fused-ring (bicyclic) bond motifs is 1. The minimum absolute atomic E-state index is 0.390. The van der Waals surface area contributed by atoms with Crippen LogP contribution in [0.1, 0.15) is 11.4 Å². The number of nitrogens with zero attached hydrogens (tertiary/aromatic N) is 3. The van der Waals surface area contributed by atoms with E-state index < -0.39 is 12.6 Å². The van der Waals surface area contributed by atoms with Crippen LogP contribution in [0.3, 0.4) is 0 Å². The molecule has 0 fully saturated rings. The van der Waals surface area contributed by atoms with Gasteiger partial charge in [-0.15, -0.1) is 0 Å². The molecule has 6 heteroatoms. The quantitative estimate of drug-likeness (QED) is 0.725. The van der Waals surface area contributed by atoms with Crippen LogP contribution < -0.4 is 4.74 Å². The summed E-state index contributed by atoms with van der Waals surface area (Å²) in [5.74, 6) is 0.0216. The first-order chi connectivity index (χ1) is 12.1. The summed E-state index contributed by atoms with van der Waals surface area (Å²) < 4.78 is 6.98. The van der Waals surface area contributed by atoms with Gasteiger partial charge in [0.1, 0.15) is 11.8 Å². The van der Waals surface area contributed by atoms with Crippen LogP contribution in [0, 0.1) is 11.3 Å². The Morgan fingerprint density at radius 3 is 2.64 bits per heavy atom. The molecule has 124 valence electrons. The van der Waals surface area contributed by atoms with E-state index in [2.05, 4.69) is 11.1 Å². The fourth-order valence-electron chi connectivity index (χ4n) is 2.51. The van der Waals surface area contributed by atoms with Crippen molar-refractivity contribution < 1.29 is 14.6 Å². The maximum atomic E-state index is 10.5. The summed E-state index contributed by atoms with van der Waals surface area (Å²) in [5.41, 5.74) is 3.03. The van der Waals surface area contributed by atoms with E-state index in [0.717, 1.165) is 16.6 Å². The molecule has 0 aliphatic rings. The standard InChI is InChI=1S/C19H15N3O3/c1-22-17-5-3-2-4-16(17)21-19(22)14(11-20)10-13-6-8-15(9-7-13)25-12-18(23)24/h2-10H,12H2,1H3,(H,23,24). The van der Waals surface area contributed by atoms with Crippen LogP contribution in [-0.2, 0) is 11.8 Å².